The van der Waals surface area contributed by atoms with E-state index in [0.29, 0.717) is 0 Å². The molecular weight excluding hydrogens is 401 g/mol. The summed E-state index contributed by atoms with van der Waals surface area (Å²) < 4.78 is 2.70. The largest absolute Gasteiger partial charge is 0.269 e. The molecule has 0 aliphatic carbocycles. The van der Waals surface area contributed by atoms with Crippen molar-refractivity contribution >= 4 is 65.5 Å². The Hall–Kier alpha value is 0.310. The molecule has 62 valence electrons. The van der Waals surface area contributed by atoms with Gasteiger partial charge in [0.25, 0.3) is 0 Å². The van der Waals surface area contributed by atoms with Crippen molar-refractivity contribution in [2.45, 2.75) is 0 Å². The molecule has 6 heteroatoms. The van der Waals surface area contributed by atoms with Crippen molar-refractivity contribution in [3.63, 3.8) is 0 Å². The van der Waals surface area contributed by atoms with Crippen LogP contribution < -0.4 is 0 Å². The highest BCUT2D eigenvalue weighted by atomic mass is 127. The molecule has 0 radical (unpaired) electrons. The highest BCUT2D eigenvalue weighted by Gasteiger charge is 2.08. The van der Waals surface area contributed by atoms with Gasteiger partial charge in [0.2, 0.25) is 0 Å². The van der Waals surface area contributed by atoms with Gasteiger partial charge in [0.15, 0.2) is 0 Å². The lowest BCUT2D eigenvalue weighted by atomic mass is 10.4. The normalized spacial score (nSPS) is 10.9. The lowest BCUT2D eigenvalue weighted by molar-refractivity contribution is 1.09. The van der Waals surface area contributed by atoms with E-state index in [1.54, 1.807) is 0 Å². The first-order valence-electron chi connectivity index (χ1n) is 3.04. The van der Waals surface area contributed by atoms with Crippen molar-refractivity contribution in [2.75, 3.05) is 0 Å². The van der Waals surface area contributed by atoms with Crippen LogP contribution in [-0.2, 0) is 0 Å². The SMILES string of the molecule is Brc1cc(Br)c2n[nH]c(I)c2n1. The fraction of sp³-hybridized carbons (Fsp3) is 0. The van der Waals surface area contributed by atoms with Crippen LogP contribution in [0.5, 0.6) is 0 Å². The van der Waals surface area contributed by atoms with Crippen LogP contribution in [0.3, 0.4) is 0 Å². The Kier molecular flexibility index (Phi) is 2.39. The van der Waals surface area contributed by atoms with Crippen LogP contribution in [0.2, 0.25) is 0 Å². The van der Waals surface area contributed by atoms with Crippen LogP contribution in [0, 0.1) is 3.70 Å². The van der Waals surface area contributed by atoms with Crippen LogP contribution in [0.25, 0.3) is 11.0 Å². The molecule has 0 spiro atoms. The quantitative estimate of drug-likeness (QED) is 0.543. The first-order chi connectivity index (χ1) is 5.68. The highest BCUT2D eigenvalue weighted by molar-refractivity contribution is 14.1. The lowest BCUT2D eigenvalue weighted by Gasteiger charge is -1.93. The maximum absolute atomic E-state index is 4.28. The van der Waals surface area contributed by atoms with Gasteiger partial charge in [-0.25, -0.2) is 4.98 Å². The molecule has 0 unspecified atom stereocenters. The van der Waals surface area contributed by atoms with E-state index in [-0.39, 0.29) is 0 Å². The number of H-pyrrole nitrogens is 1. The molecule has 0 amide bonds. The first-order valence-corrected chi connectivity index (χ1v) is 5.70. The second-order valence-corrected chi connectivity index (χ2v) is 4.91. The van der Waals surface area contributed by atoms with E-state index in [2.05, 4.69) is 69.6 Å². The molecule has 0 saturated heterocycles. The number of hydrogen-bond acceptors (Lipinski definition) is 2. The Bertz CT molecular complexity index is 440. The van der Waals surface area contributed by atoms with Crippen molar-refractivity contribution in [2.24, 2.45) is 0 Å². The van der Waals surface area contributed by atoms with Crippen LogP contribution in [-0.4, -0.2) is 15.2 Å². The summed E-state index contributed by atoms with van der Waals surface area (Å²) in [7, 11) is 0. The third kappa shape index (κ3) is 1.39. The second kappa shape index (κ2) is 3.22. The molecule has 0 bridgehead atoms. The summed E-state index contributed by atoms with van der Waals surface area (Å²) in [6.07, 6.45) is 0. The predicted molar refractivity (Wildman–Crippen MR) is 62.0 cm³/mol. The first kappa shape index (κ1) is 8.89. The zero-order chi connectivity index (χ0) is 8.72. The lowest BCUT2D eigenvalue weighted by Crippen LogP contribution is -1.79. The van der Waals surface area contributed by atoms with Gasteiger partial charge in [-0.3, -0.25) is 5.10 Å². The Labute approximate surface area is 98.7 Å². The molecule has 0 atom stereocenters. The minimum atomic E-state index is 0.807. The Morgan fingerprint density at radius 1 is 1.33 bits per heavy atom. The van der Waals surface area contributed by atoms with Crippen molar-refractivity contribution in [3.8, 4) is 0 Å². The number of halogens is 3. The molecule has 12 heavy (non-hydrogen) atoms. The van der Waals surface area contributed by atoms with E-state index >= 15 is 0 Å². The smallest absolute Gasteiger partial charge is 0.126 e. The molecule has 0 aliphatic rings. The minimum absolute atomic E-state index is 0.807. The molecule has 0 fully saturated rings. The summed E-state index contributed by atoms with van der Waals surface area (Å²) in [5.41, 5.74) is 1.75. The summed E-state index contributed by atoms with van der Waals surface area (Å²) in [5.74, 6) is 0. The molecule has 3 nitrogen and oxygen atoms in total. The van der Waals surface area contributed by atoms with E-state index in [1.807, 2.05) is 6.07 Å². The summed E-state index contributed by atoms with van der Waals surface area (Å²) >= 11 is 8.89. The fourth-order valence-electron chi connectivity index (χ4n) is 0.895. The van der Waals surface area contributed by atoms with Gasteiger partial charge in [0.05, 0.1) is 4.47 Å². The molecule has 1 N–H and O–H groups in total. The Morgan fingerprint density at radius 2 is 2.08 bits per heavy atom. The number of rotatable bonds is 0. The van der Waals surface area contributed by atoms with Crippen molar-refractivity contribution in [1.29, 1.82) is 0 Å². The van der Waals surface area contributed by atoms with Crippen LogP contribution in [0.15, 0.2) is 15.1 Å². The number of hydrogen-bond donors (Lipinski definition) is 1. The fourth-order valence-corrected chi connectivity index (χ4v) is 2.60. The molecule has 2 rings (SSSR count). The summed E-state index contributed by atoms with van der Waals surface area (Å²) in [5, 5.41) is 6.96. The molecule has 0 aliphatic heterocycles. The Morgan fingerprint density at radius 3 is 2.83 bits per heavy atom. The van der Waals surface area contributed by atoms with Gasteiger partial charge in [-0.05, 0) is 60.5 Å². The maximum Gasteiger partial charge on any atom is 0.126 e. The average molecular weight is 403 g/mol. The number of fused-ring (bicyclic) bond motifs is 1. The van der Waals surface area contributed by atoms with Gasteiger partial charge in [0.1, 0.15) is 19.3 Å². The minimum Gasteiger partial charge on any atom is -0.269 e. The van der Waals surface area contributed by atoms with Crippen molar-refractivity contribution < 1.29 is 0 Å². The second-order valence-electron chi connectivity index (χ2n) is 2.16. The Balaban J connectivity index is 2.92. The van der Waals surface area contributed by atoms with Crippen molar-refractivity contribution in [1.82, 2.24) is 15.2 Å². The van der Waals surface area contributed by atoms with E-state index in [1.165, 1.54) is 0 Å². The van der Waals surface area contributed by atoms with E-state index in [9.17, 15) is 0 Å². The highest BCUT2D eigenvalue weighted by Crippen LogP contribution is 2.26. The predicted octanol–water partition coefficient (Wildman–Crippen LogP) is 3.09. The number of aromatic amines is 1. The van der Waals surface area contributed by atoms with Gasteiger partial charge in [0, 0.05) is 0 Å². The zero-order valence-electron chi connectivity index (χ0n) is 5.61. The van der Waals surface area contributed by atoms with Crippen LogP contribution >= 0.6 is 54.5 Å². The maximum atomic E-state index is 4.28. The standard InChI is InChI=1S/C6H2Br2IN3/c7-2-1-3(8)10-5-4(2)11-12-6(5)9/h1H,(H,11,12). The van der Waals surface area contributed by atoms with Gasteiger partial charge in [-0.15, -0.1) is 0 Å². The monoisotopic (exact) mass is 401 g/mol. The topological polar surface area (TPSA) is 41.6 Å². The molecular formula is C6H2Br2IN3. The summed E-state index contributed by atoms with van der Waals surface area (Å²) in [6, 6.07) is 1.87. The number of aromatic nitrogens is 3. The number of nitrogens with one attached hydrogen (secondary N) is 1. The molecule has 2 aromatic heterocycles. The molecule has 0 saturated carbocycles. The number of nitrogens with zero attached hydrogens (tertiary/aromatic N) is 2. The van der Waals surface area contributed by atoms with E-state index < -0.39 is 0 Å². The van der Waals surface area contributed by atoms with Gasteiger partial charge in [-0.2, -0.15) is 5.10 Å². The van der Waals surface area contributed by atoms with Crippen molar-refractivity contribution in [3.05, 3.63) is 18.8 Å². The summed E-state index contributed by atoms with van der Waals surface area (Å²) in [4.78, 5) is 4.28. The third-order valence-corrected chi connectivity index (χ3v) is 3.15. The number of pyridine rings is 1. The molecule has 2 heterocycles. The van der Waals surface area contributed by atoms with Gasteiger partial charge >= 0.3 is 0 Å². The van der Waals surface area contributed by atoms with E-state index in [4.69, 9.17) is 0 Å². The summed E-state index contributed by atoms with van der Waals surface area (Å²) in [6.45, 7) is 0. The van der Waals surface area contributed by atoms with Gasteiger partial charge < -0.3 is 0 Å². The van der Waals surface area contributed by atoms with Crippen LogP contribution in [0.4, 0.5) is 0 Å². The van der Waals surface area contributed by atoms with Gasteiger partial charge in [-0.1, -0.05) is 0 Å². The molecule has 2 aromatic rings. The zero-order valence-corrected chi connectivity index (χ0v) is 10.9. The van der Waals surface area contributed by atoms with E-state index in [0.717, 1.165) is 23.8 Å². The third-order valence-electron chi connectivity index (χ3n) is 1.39. The molecule has 0 aromatic carbocycles. The average Bonchev–Trinajstić information content (AvgIpc) is 2.33. The van der Waals surface area contributed by atoms with Crippen LogP contribution in [0.1, 0.15) is 0 Å².